The summed E-state index contributed by atoms with van der Waals surface area (Å²) in [5.74, 6) is -2.96. The number of thioether (sulfide) groups is 1. The Morgan fingerprint density at radius 2 is 1.86 bits per heavy atom. The Morgan fingerprint density at radius 3 is 2.33 bits per heavy atom. The zero-order valence-corrected chi connectivity index (χ0v) is 10.9. The van der Waals surface area contributed by atoms with E-state index in [1.165, 1.54) is 0 Å². The maximum absolute atomic E-state index is 13.4. The van der Waals surface area contributed by atoms with Crippen LogP contribution in [0.2, 0.25) is 0 Å². The fraction of sp³-hybridized carbons (Fsp3) is 0.182. The highest BCUT2D eigenvalue weighted by Crippen LogP contribution is 2.31. The van der Waals surface area contributed by atoms with Gasteiger partial charge in [-0.05, 0) is 12.1 Å². The molecule has 0 atom stereocenters. The van der Waals surface area contributed by atoms with Crippen molar-refractivity contribution in [2.45, 2.75) is 6.18 Å². The summed E-state index contributed by atoms with van der Waals surface area (Å²) in [5, 5.41) is 9.29. The molecule has 1 aromatic carbocycles. The SMILES string of the molecule is O=C1CSC(=NN=Cc2c(F)cc(C(F)(F)F)cc2F)N1. The highest BCUT2D eigenvalue weighted by molar-refractivity contribution is 8.15. The molecule has 1 aliphatic rings. The van der Waals surface area contributed by atoms with E-state index in [0.29, 0.717) is 6.21 Å². The molecule has 21 heavy (non-hydrogen) atoms. The standard InChI is InChI=1S/C11H6F5N3OS/c12-7-1-5(11(14,15)16)2-8(13)6(7)3-17-19-10-18-9(20)4-21-10/h1-3H,4H2,(H,18,19,20). The highest BCUT2D eigenvalue weighted by Gasteiger charge is 2.32. The molecule has 1 N–H and O–H groups in total. The monoisotopic (exact) mass is 323 g/mol. The third kappa shape index (κ3) is 3.78. The fourth-order valence-electron chi connectivity index (χ4n) is 1.39. The lowest BCUT2D eigenvalue weighted by atomic mass is 10.1. The van der Waals surface area contributed by atoms with Gasteiger partial charge >= 0.3 is 6.18 Å². The van der Waals surface area contributed by atoms with E-state index in [2.05, 4.69) is 15.5 Å². The summed E-state index contributed by atoms with van der Waals surface area (Å²) in [6, 6.07) is 0.341. The third-order valence-electron chi connectivity index (χ3n) is 2.33. The van der Waals surface area contributed by atoms with Crippen LogP contribution < -0.4 is 5.32 Å². The zero-order valence-electron chi connectivity index (χ0n) is 10.0. The van der Waals surface area contributed by atoms with Crippen molar-refractivity contribution >= 4 is 29.1 Å². The number of carbonyl (C=O) groups is 1. The largest absolute Gasteiger partial charge is 0.416 e. The molecule has 0 aliphatic carbocycles. The van der Waals surface area contributed by atoms with E-state index in [4.69, 9.17) is 0 Å². The topological polar surface area (TPSA) is 53.8 Å². The molecular formula is C11H6F5N3OS. The summed E-state index contributed by atoms with van der Waals surface area (Å²) in [4.78, 5) is 10.8. The Kier molecular flexibility index (Phi) is 4.26. The van der Waals surface area contributed by atoms with Gasteiger partial charge in [-0.2, -0.15) is 18.3 Å². The van der Waals surface area contributed by atoms with Gasteiger partial charge in [0.25, 0.3) is 0 Å². The number of amidine groups is 1. The minimum atomic E-state index is -4.84. The van der Waals surface area contributed by atoms with Crippen molar-refractivity contribution in [1.29, 1.82) is 0 Å². The van der Waals surface area contributed by atoms with E-state index in [9.17, 15) is 26.7 Å². The van der Waals surface area contributed by atoms with E-state index < -0.39 is 28.9 Å². The molecule has 1 aromatic rings. The first-order chi connectivity index (χ1) is 9.77. The highest BCUT2D eigenvalue weighted by atomic mass is 32.2. The number of rotatable bonds is 2. The van der Waals surface area contributed by atoms with Gasteiger partial charge in [-0.1, -0.05) is 11.8 Å². The van der Waals surface area contributed by atoms with Gasteiger partial charge in [-0.25, -0.2) is 8.78 Å². The molecular weight excluding hydrogens is 317 g/mol. The average molecular weight is 323 g/mol. The Bertz CT molecular complexity index is 618. The predicted octanol–water partition coefficient (Wildman–Crippen LogP) is 2.54. The molecule has 1 amide bonds. The van der Waals surface area contributed by atoms with Crippen molar-refractivity contribution in [1.82, 2.24) is 5.32 Å². The maximum atomic E-state index is 13.4. The molecule has 0 aromatic heterocycles. The summed E-state index contributed by atoms with van der Waals surface area (Å²) in [7, 11) is 0. The van der Waals surface area contributed by atoms with Crippen LogP contribution in [0.4, 0.5) is 22.0 Å². The van der Waals surface area contributed by atoms with Gasteiger partial charge in [0.15, 0.2) is 5.17 Å². The third-order valence-corrected chi connectivity index (χ3v) is 3.19. The van der Waals surface area contributed by atoms with E-state index in [-0.39, 0.29) is 29.0 Å². The summed E-state index contributed by atoms with van der Waals surface area (Å²) in [6.45, 7) is 0. The molecule has 0 unspecified atom stereocenters. The molecule has 1 saturated heterocycles. The molecule has 0 bridgehead atoms. The summed E-state index contributed by atoms with van der Waals surface area (Å²) in [5.41, 5.74) is -2.18. The van der Waals surface area contributed by atoms with E-state index >= 15 is 0 Å². The lowest BCUT2D eigenvalue weighted by molar-refractivity contribution is -0.138. The molecule has 0 spiro atoms. The molecule has 10 heteroatoms. The van der Waals surface area contributed by atoms with Crippen LogP contribution in [0.3, 0.4) is 0 Å². The smallest absolute Gasteiger partial charge is 0.303 e. The summed E-state index contributed by atoms with van der Waals surface area (Å²) < 4.78 is 63.9. The van der Waals surface area contributed by atoms with Gasteiger partial charge in [0, 0.05) is 0 Å². The fourth-order valence-corrected chi connectivity index (χ4v) is 2.02. The number of nitrogens with zero attached hydrogens (tertiary/aromatic N) is 2. The molecule has 0 radical (unpaired) electrons. The maximum Gasteiger partial charge on any atom is 0.416 e. The summed E-state index contributed by atoms with van der Waals surface area (Å²) >= 11 is 1.04. The van der Waals surface area contributed by atoms with Gasteiger partial charge in [0.2, 0.25) is 5.91 Å². The van der Waals surface area contributed by atoms with Crippen LogP contribution in [0.15, 0.2) is 22.3 Å². The van der Waals surface area contributed by atoms with Crippen LogP contribution in [0, 0.1) is 11.6 Å². The number of hydrogen-bond acceptors (Lipinski definition) is 4. The second-order valence-electron chi connectivity index (χ2n) is 3.84. The predicted molar refractivity (Wildman–Crippen MR) is 67.0 cm³/mol. The number of nitrogens with one attached hydrogen (secondary N) is 1. The first-order valence-corrected chi connectivity index (χ1v) is 6.36. The van der Waals surface area contributed by atoms with Crippen LogP contribution in [0.1, 0.15) is 11.1 Å². The Morgan fingerprint density at radius 1 is 1.24 bits per heavy atom. The quantitative estimate of drug-likeness (QED) is 0.517. The number of benzene rings is 1. The second kappa shape index (κ2) is 5.80. The van der Waals surface area contributed by atoms with Crippen LogP contribution in [0.5, 0.6) is 0 Å². The van der Waals surface area contributed by atoms with Gasteiger partial charge in [0.05, 0.1) is 23.1 Å². The molecule has 0 saturated carbocycles. The van der Waals surface area contributed by atoms with Crippen molar-refractivity contribution in [2.75, 3.05) is 5.75 Å². The summed E-state index contributed by atoms with van der Waals surface area (Å²) in [6.07, 6.45) is -4.20. The minimum absolute atomic E-state index is 0.143. The molecule has 112 valence electrons. The van der Waals surface area contributed by atoms with Gasteiger partial charge < -0.3 is 5.32 Å². The molecule has 1 heterocycles. The zero-order chi connectivity index (χ0) is 15.6. The number of hydrogen-bond donors (Lipinski definition) is 1. The molecule has 1 aliphatic heterocycles. The van der Waals surface area contributed by atoms with Crippen LogP contribution in [-0.4, -0.2) is 23.0 Å². The van der Waals surface area contributed by atoms with Crippen LogP contribution >= 0.6 is 11.8 Å². The van der Waals surface area contributed by atoms with Gasteiger partial charge in [0.1, 0.15) is 11.6 Å². The first-order valence-electron chi connectivity index (χ1n) is 5.37. The average Bonchev–Trinajstić information content (AvgIpc) is 2.77. The van der Waals surface area contributed by atoms with Gasteiger partial charge in [-0.15, -0.1) is 5.10 Å². The van der Waals surface area contributed by atoms with Crippen molar-refractivity contribution in [3.05, 3.63) is 34.9 Å². The Labute approximate surface area is 119 Å². The number of amides is 1. The number of alkyl halides is 3. The van der Waals surface area contributed by atoms with Crippen LogP contribution in [-0.2, 0) is 11.0 Å². The minimum Gasteiger partial charge on any atom is -0.303 e. The number of halogens is 5. The normalized spacial score (nSPS) is 17.8. The van der Waals surface area contributed by atoms with Crippen molar-refractivity contribution in [3.8, 4) is 0 Å². The molecule has 1 fully saturated rings. The molecule has 4 nitrogen and oxygen atoms in total. The Hall–Kier alpha value is -1.97. The van der Waals surface area contributed by atoms with E-state index in [1.807, 2.05) is 0 Å². The first kappa shape index (κ1) is 15.4. The second-order valence-corrected chi connectivity index (χ2v) is 4.80. The van der Waals surface area contributed by atoms with Crippen molar-refractivity contribution in [3.63, 3.8) is 0 Å². The Balaban J connectivity index is 2.23. The van der Waals surface area contributed by atoms with E-state index in [0.717, 1.165) is 11.8 Å². The molecule has 2 rings (SSSR count). The van der Waals surface area contributed by atoms with Crippen LogP contribution in [0.25, 0.3) is 0 Å². The lowest BCUT2D eigenvalue weighted by Gasteiger charge is -2.08. The number of carbonyl (C=O) groups excluding carboxylic acids is 1. The lowest BCUT2D eigenvalue weighted by Crippen LogP contribution is -2.19. The van der Waals surface area contributed by atoms with Crippen molar-refractivity contribution < 1.29 is 26.7 Å². The van der Waals surface area contributed by atoms with Crippen molar-refractivity contribution in [2.24, 2.45) is 10.2 Å². The van der Waals surface area contributed by atoms with Gasteiger partial charge in [-0.3, -0.25) is 4.79 Å². The van der Waals surface area contributed by atoms with E-state index in [1.54, 1.807) is 0 Å².